The maximum Gasteiger partial charge on any atom is 0.309 e. The standard InChI is InChI=1S/C20H21FN6O5.Li/c1-10-25-26-17(32-10)16(30)24-20(2,3)19-23-13(14(28)18(31)27(19)4)15(29)22-9-11-5-7-12(21)8-6-11;/h5-8,28H,9H2,1-4H3,(H,22,29)(H,24,30);. The first-order valence-corrected chi connectivity index (χ1v) is 9.45. The number of hydrogen-bond donors (Lipinski definition) is 3. The minimum absolute atomic E-state index is 0. The minimum atomic E-state index is -1.27. The van der Waals surface area contributed by atoms with Crippen molar-refractivity contribution < 1.29 is 23.5 Å². The first-order valence-electron chi connectivity index (χ1n) is 9.45. The van der Waals surface area contributed by atoms with Gasteiger partial charge in [0.25, 0.3) is 11.5 Å². The number of carbonyl (C=O) groups excluding carboxylic acids is 2. The van der Waals surface area contributed by atoms with E-state index >= 15 is 0 Å². The number of carbonyl (C=O) groups is 2. The topological polar surface area (TPSA) is 152 Å². The van der Waals surface area contributed by atoms with Gasteiger partial charge in [-0.3, -0.25) is 19.0 Å². The van der Waals surface area contributed by atoms with E-state index in [1.165, 1.54) is 38.2 Å². The Labute approximate surface area is 199 Å². The normalized spacial score (nSPS) is 10.9. The number of rotatable bonds is 6. The Kier molecular flexibility index (Phi) is 7.79. The molecule has 1 aromatic carbocycles. The van der Waals surface area contributed by atoms with Crippen LogP contribution in [0.4, 0.5) is 4.39 Å². The number of amides is 2. The summed E-state index contributed by atoms with van der Waals surface area (Å²) in [6, 6.07) is 5.44. The predicted octanol–water partition coefficient (Wildman–Crippen LogP) is 0.531. The molecule has 0 unspecified atom stereocenters. The van der Waals surface area contributed by atoms with Crippen LogP contribution in [0, 0.1) is 12.7 Å². The van der Waals surface area contributed by atoms with Gasteiger partial charge in [0.1, 0.15) is 11.6 Å². The second-order valence-electron chi connectivity index (χ2n) is 7.51. The summed E-state index contributed by atoms with van der Waals surface area (Å²) in [7, 11) is 1.34. The van der Waals surface area contributed by atoms with Crippen LogP contribution in [0.5, 0.6) is 5.75 Å². The zero-order chi connectivity index (χ0) is 23.6. The van der Waals surface area contributed by atoms with Crippen molar-refractivity contribution in [2.45, 2.75) is 32.9 Å². The van der Waals surface area contributed by atoms with E-state index in [0.29, 0.717) is 5.56 Å². The van der Waals surface area contributed by atoms with Crippen LogP contribution in [0.2, 0.25) is 0 Å². The molecule has 33 heavy (non-hydrogen) atoms. The molecule has 0 saturated carbocycles. The van der Waals surface area contributed by atoms with Crippen LogP contribution in [0.3, 0.4) is 0 Å². The van der Waals surface area contributed by atoms with Crippen molar-refractivity contribution in [3.8, 4) is 5.75 Å². The molecule has 0 saturated heterocycles. The summed E-state index contributed by atoms with van der Waals surface area (Å²) in [6.07, 6.45) is 0. The van der Waals surface area contributed by atoms with Gasteiger partial charge in [-0.15, -0.1) is 10.2 Å². The Hall–Kier alpha value is -3.49. The van der Waals surface area contributed by atoms with Gasteiger partial charge >= 0.3 is 11.8 Å². The average molecular weight is 451 g/mol. The first kappa shape index (κ1) is 25.8. The van der Waals surface area contributed by atoms with Gasteiger partial charge in [0.05, 0.1) is 5.54 Å². The van der Waals surface area contributed by atoms with Crippen molar-refractivity contribution in [3.05, 3.63) is 69.3 Å². The zero-order valence-corrected chi connectivity index (χ0v) is 18.8. The Bertz CT molecular complexity index is 1240. The molecule has 13 heteroatoms. The summed E-state index contributed by atoms with van der Waals surface area (Å²) in [5, 5.41) is 22.6. The second-order valence-corrected chi connectivity index (χ2v) is 7.51. The van der Waals surface area contributed by atoms with Crippen molar-refractivity contribution in [1.29, 1.82) is 0 Å². The Morgan fingerprint density at radius 3 is 2.39 bits per heavy atom. The summed E-state index contributed by atoms with van der Waals surface area (Å²) < 4.78 is 19.1. The number of aromatic nitrogens is 4. The molecule has 2 amide bonds. The molecule has 11 nitrogen and oxygen atoms in total. The Morgan fingerprint density at radius 2 is 1.82 bits per heavy atom. The van der Waals surface area contributed by atoms with Crippen molar-refractivity contribution in [3.63, 3.8) is 0 Å². The van der Waals surface area contributed by atoms with E-state index in [0.717, 1.165) is 4.57 Å². The molecular weight excluding hydrogens is 430 g/mol. The van der Waals surface area contributed by atoms with Crippen molar-refractivity contribution in [2.24, 2.45) is 7.05 Å². The van der Waals surface area contributed by atoms with E-state index in [1.807, 2.05) is 0 Å². The Morgan fingerprint density at radius 1 is 1.18 bits per heavy atom. The first-order chi connectivity index (χ1) is 15.0. The molecule has 2 heterocycles. The smallest absolute Gasteiger partial charge is 0.309 e. The number of halogens is 1. The van der Waals surface area contributed by atoms with Gasteiger partial charge in [-0.1, -0.05) is 12.1 Å². The molecule has 0 fully saturated rings. The van der Waals surface area contributed by atoms with E-state index in [4.69, 9.17) is 4.42 Å². The summed E-state index contributed by atoms with van der Waals surface area (Å²) in [5.41, 5.74) is -2.06. The molecule has 1 radical (unpaired) electrons. The SMILES string of the molecule is Cc1nnc(C(=O)NC(C)(C)c2nc(C(=O)NCc3ccc(F)cc3)c(O)c(=O)n2C)o1.[Li]. The van der Waals surface area contributed by atoms with E-state index in [9.17, 15) is 23.9 Å². The molecule has 3 N–H and O–H groups in total. The van der Waals surface area contributed by atoms with Gasteiger partial charge in [-0.2, -0.15) is 0 Å². The number of benzene rings is 1. The fraction of sp³-hybridized carbons (Fsp3) is 0.300. The van der Waals surface area contributed by atoms with Crippen LogP contribution in [0.1, 0.15) is 52.3 Å². The maximum atomic E-state index is 13.0. The average Bonchev–Trinajstić information content (AvgIpc) is 3.17. The van der Waals surface area contributed by atoms with E-state index in [-0.39, 0.29) is 43.0 Å². The van der Waals surface area contributed by atoms with Crippen LogP contribution in [0.25, 0.3) is 0 Å². The number of hydrogen-bond acceptors (Lipinski definition) is 8. The van der Waals surface area contributed by atoms with E-state index in [2.05, 4.69) is 25.8 Å². The molecular formula is C20H21FLiN6O5. The summed E-state index contributed by atoms with van der Waals surface area (Å²) in [5.74, 6) is -2.88. The monoisotopic (exact) mass is 451 g/mol. The van der Waals surface area contributed by atoms with Crippen LogP contribution in [0.15, 0.2) is 33.5 Å². The van der Waals surface area contributed by atoms with E-state index in [1.54, 1.807) is 13.8 Å². The van der Waals surface area contributed by atoms with E-state index < -0.39 is 40.2 Å². The fourth-order valence-electron chi connectivity index (χ4n) is 2.96. The number of aromatic hydroxyl groups is 1. The van der Waals surface area contributed by atoms with Crippen LogP contribution >= 0.6 is 0 Å². The van der Waals surface area contributed by atoms with Crippen molar-refractivity contribution in [1.82, 2.24) is 30.4 Å². The largest absolute Gasteiger partial charge is 0.501 e. The van der Waals surface area contributed by atoms with Crippen molar-refractivity contribution in [2.75, 3.05) is 0 Å². The molecule has 169 valence electrons. The number of nitrogens with zero attached hydrogens (tertiary/aromatic N) is 4. The predicted molar refractivity (Wildman–Crippen MR) is 114 cm³/mol. The number of nitrogens with one attached hydrogen (secondary N) is 2. The molecule has 0 aliphatic rings. The van der Waals surface area contributed by atoms with Gasteiger partial charge in [-0.25, -0.2) is 9.37 Å². The van der Waals surface area contributed by atoms with Gasteiger partial charge < -0.3 is 20.2 Å². The van der Waals surface area contributed by atoms with Gasteiger partial charge in [-0.05, 0) is 31.5 Å². The summed E-state index contributed by atoms with van der Waals surface area (Å²) in [6.45, 7) is 4.64. The molecule has 3 rings (SSSR count). The van der Waals surface area contributed by atoms with Crippen LogP contribution in [-0.4, -0.2) is 55.5 Å². The third-order valence-corrected chi connectivity index (χ3v) is 4.55. The maximum absolute atomic E-state index is 13.0. The van der Waals surface area contributed by atoms with Crippen LogP contribution < -0.4 is 16.2 Å². The van der Waals surface area contributed by atoms with Crippen LogP contribution in [-0.2, 0) is 19.1 Å². The quantitative estimate of drug-likeness (QED) is 0.459. The summed E-state index contributed by atoms with van der Waals surface area (Å²) in [4.78, 5) is 41.7. The third kappa shape index (κ3) is 5.66. The second kappa shape index (κ2) is 9.97. The molecule has 0 bridgehead atoms. The molecule has 0 aliphatic carbocycles. The molecule has 2 aromatic heterocycles. The number of aryl methyl sites for hydroxylation is 1. The van der Waals surface area contributed by atoms with Gasteiger partial charge in [0.15, 0.2) is 5.69 Å². The summed E-state index contributed by atoms with van der Waals surface area (Å²) >= 11 is 0. The Balaban J connectivity index is 0.00000385. The van der Waals surface area contributed by atoms with Gasteiger partial charge in [0, 0.05) is 39.4 Å². The van der Waals surface area contributed by atoms with Gasteiger partial charge in [0.2, 0.25) is 11.6 Å². The minimum Gasteiger partial charge on any atom is -0.501 e. The molecule has 0 aliphatic heterocycles. The third-order valence-electron chi connectivity index (χ3n) is 4.55. The molecule has 3 aromatic rings. The zero-order valence-electron chi connectivity index (χ0n) is 18.8. The molecule has 0 spiro atoms. The molecule has 0 atom stereocenters. The fourth-order valence-corrected chi connectivity index (χ4v) is 2.96. The van der Waals surface area contributed by atoms with Crippen molar-refractivity contribution >= 4 is 30.7 Å².